The van der Waals surface area contributed by atoms with Gasteiger partial charge in [0.1, 0.15) is 17.3 Å². The number of aromatic nitrogens is 2. The van der Waals surface area contributed by atoms with Gasteiger partial charge in [-0.2, -0.15) is 0 Å². The minimum Gasteiger partial charge on any atom is -0.507 e. The molecule has 0 radical (unpaired) electrons. The number of amides is 1. The first kappa shape index (κ1) is 28.8. The molecule has 1 atom stereocenters. The van der Waals surface area contributed by atoms with E-state index in [1.54, 1.807) is 42.5 Å². The number of halogens is 2. The van der Waals surface area contributed by atoms with Crippen LogP contribution in [0, 0.1) is 5.82 Å². The summed E-state index contributed by atoms with van der Waals surface area (Å²) in [7, 11) is 0. The maximum absolute atomic E-state index is 14.3. The van der Waals surface area contributed by atoms with Crippen LogP contribution in [-0.2, 0) is 15.3 Å². The highest BCUT2D eigenvalue weighted by atomic mass is 35.5. The van der Waals surface area contributed by atoms with Crippen LogP contribution in [0.1, 0.15) is 42.5 Å². The summed E-state index contributed by atoms with van der Waals surface area (Å²) in [6.07, 6.45) is 1.90. The summed E-state index contributed by atoms with van der Waals surface area (Å²) < 4.78 is 20.6. The molecule has 1 aliphatic heterocycles. The van der Waals surface area contributed by atoms with Gasteiger partial charge in [-0.25, -0.2) is 4.39 Å². The second kappa shape index (κ2) is 12.8. The number of rotatable bonds is 10. The Morgan fingerprint density at radius 2 is 1.85 bits per heavy atom. The molecule has 1 N–H and O–H groups in total. The largest absolute Gasteiger partial charge is 0.507 e. The lowest BCUT2D eigenvalue weighted by molar-refractivity contribution is -0.132. The number of benzene rings is 3. The second-order valence-electron chi connectivity index (χ2n) is 9.22. The summed E-state index contributed by atoms with van der Waals surface area (Å²) in [4.78, 5) is 27.9. The number of ether oxygens (including phenoxy) is 1. The van der Waals surface area contributed by atoms with Crippen LogP contribution >= 0.6 is 34.7 Å². The summed E-state index contributed by atoms with van der Waals surface area (Å²) in [6, 6.07) is 18.5. The Morgan fingerprint density at radius 3 is 2.56 bits per heavy atom. The van der Waals surface area contributed by atoms with E-state index in [2.05, 4.69) is 17.1 Å². The molecule has 2 heterocycles. The molecular formula is C30H25ClFN3O4S2. The molecular weight excluding hydrogens is 585 g/mol. The average Bonchev–Trinajstić information content (AvgIpc) is 3.55. The maximum atomic E-state index is 14.3. The zero-order valence-electron chi connectivity index (χ0n) is 21.9. The van der Waals surface area contributed by atoms with Gasteiger partial charge in [0.15, 0.2) is 4.34 Å². The molecule has 1 unspecified atom stereocenters. The van der Waals surface area contributed by atoms with Gasteiger partial charge in [0.25, 0.3) is 5.78 Å². The lowest BCUT2D eigenvalue weighted by Gasteiger charge is -2.22. The summed E-state index contributed by atoms with van der Waals surface area (Å²) in [5, 5.41) is 20.5. The molecule has 7 nitrogen and oxygen atoms in total. The third-order valence-electron chi connectivity index (χ3n) is 6.38. The Balaban J connectivity index is 1.48. The van der Waals surface area contributed by atoms with Crippen molar-refractivity contribution in [2.24, 2.45) is 0 Å². The number of anilines is 1. The number of aliphatic hydroxyl groups is 1. The Labute approximate surface area is 249 Å². The van der Waals surface area contributed by atoms with Gasteiger partial charge in [0, 0.05) is 16.3 Å². The van der Waals surface area contributed by atoms with E-state index in [9.17, 15) is 19.1 Å². The molecule has 1 saturated heterocycles. The Bertz CT molecular complexity index is 1590. The molecule has 3 aromatic carbocycles. The fraction of sp³-hybridized carbons (Fsp3) is 0.200. The Morgan fingerprint density at radius 1 is 1.10 bits per heavy atom. The second-order valence-corrected chi connectivity index (χ2v) is 11.8. The summed E-state index contributed by atoms with van der Waals surface area (Å²) >= 11 is 8.52. The van der Waals surface area contributed by atoms with Crippen molar-refractivity contribution in [2.75, 3.05) is 11.5 Å². The van der Waals surface area contributed by atoms with Crippen molar-refractivity contribution in [1.82, 2.24) is 10.2 Å². The average molecular weight is 610 g/mol. The molecule has 1 aromatic heterocycles. The van der Waals surface area contributed by atoms with Crippen LogP contribution in [0.4, 0.5) is 9.52 Å². The van der Waals surface area contributed by atoms with Gasteiger partial charge in [0.2, 0.25) is 5.13 Å². The number of thioether (sulfide) groups is 1. The van der Waals surface area contributed by atoms with Gasteiger partial charge in [-0.1, -0.05) is 72.3 Å². The van der Waals surface area contributed by atoms with Crippen LogP contribution < -0.4 is 9.64 Å². The van der Waals surface area contributed by atoms with Gasteiger partial charge in [-0.15, -0.1) is 10.2 Å². The van der Waals surface area contributed by atoms with Crippen molar-refractivity contribution in [3.8, 4) is 5.75 Å². The van der Waals surface area contributed by atoms with E-state index in [-0.39, 0.29) is 16.5 Å². The molecule has 4 aromatic rings. The van der Waals surface area contributed by atoms with Gasteiger partial charge >= 0.3 is 5.91 Å². The van der Waals surface area contributed by atoms with E-state index < -0.39 is 23.5 Å². The van der Waals surface area contributed by atoms with Gasteiger partial charge in [0.05, 0.1) is 18.2 Å². The fourth-order valence-corrected chi connectivity index (χ4v) is 6.25. The van der Waals surface area contributed by atoms with Crippen LogP contribution in [0.15, 0.2) is 82.7 Å². The predicted molar refractivity (Wildman–Crippen MR) is 159 cm³/mol. The summed E-state index contributed by atoms with van der Waals surface area (Å²) in [5.74, 6) is -1.48. The lowest BCUT2D eigenvalue weighted by atomic mass is 9.95. The first-order chi connectivity index (χ1) is 19.9. The van der Waals surface area contributed by atoms with E-state index in [1.165, 1.54) is 34.9 Å². The maximum Gasteiger partial charge on any atom is 0.301 e. The van der Waals surface area contributed by atoms with Crippen molar-refractivity contribution < 1.29 is 23.8 Å². The molecule has 0 saturated carbocycles. The number of aliphatic hydroxyl groups excluding tert-OH is 1. The zero-order valence-corrected chi connectivity index (χ0v) is 24.3. The van der Waals surface area contributed by atoms with Crippen molar-refractivity contribution in [1.29, 1.82) is 0 Å². The number of carbonyl (C=O) groups is 2. The smallest absolute Gasteiger partial charge is 0.301 e. The fourth-order valence-electron chi connectivity index (χ4n) is 4.30. The van der Waals surface area contributed by atoms with Crippen LogP contribution in [0.2, 0.25) is 5.02 Å². The SMILES string of the molecule is CCCCOc1ccc(/C(O)=C2\C(=O)C(=O)N(c3nnc(SCc4ccc(Cl)cc4)s3)C2c2cccc(F)c2)cc1. The lowest BCUT2D eigenvalue weighted by Crippen LogP contribution is -2.29. The quantitative estimate of drug-likeness (QED) is 0.0499. The Hall–Kier alpha value is -3.73. The van der Waals surface area contributed by atoms with Crippen LogP contribution in [0.5, 0.6) is 5.75 Å². The number of hydrogen-bond donors (Lipinski definition) is 1. The molecule has 11 heteroatoms. The van der Waals surface area contributed by atoms with Crippen molar-refractivity contribution in [2.45, 2.75) is 35.9 Å². The first-order valence-electron chi connectivity index (χ1n) is 12.9. The molecule has 0 spiro atoms. The highest BCUT2D eigenvalue weighted by Crippen LogP contribution is 2.44. The molecule has 41 heavy (non-hydrogen) atoms. The van der Waals surface area contributed by atoms with Gasteiger partial charge in [-0.05, 0) is 66.1 Å². The normalized spacial score (nSPS) is 16.4. The number of unbranched alkanes of at least 4 members (excludes halogenated alkanes) is 1. The van der Waals surface area contributed by atoms with Crippen LogP contribution in [-0.4, -0.2) is 33.6 Å². The van der Waals surface area contributed by atoms with Gasteiger partial charge < -0.3 is 9.84 Å². The third-order valence-corrected chi connectivity index (χ3v) is 8.76. The van der Waals surface area contributed by atoms with E-state index >= 15 is 0 Å². The standard InChI is InChI=1S/C30H25ClFN3O4S2/c1-2-3-15-39-23-13-9-19(10-14-23)26(36)24-25(20-5-4-6-22(32)16-20)35(28(38)27(24)37)29-33-34-30(41-29)40-17-18-7-11-21(31)12-8-18/h4-14,16,25,36H,2-3,15,17H2,1H3/b26-24+. The molecule has 5 rings (SSSR count). The monoisotopic (exact) mass is 609 g/mol. The number of hydrogen-bond acceptors (Lipinski definition) is 8. The van der Waals surface area contributed by atoms with Crippen molar-refractivity contribution in [3.63, 3.8) is 0 Å². The van der Waals surface area contributed by atoms with E-state index in [0.29, 0.717) is 38.6 Å². The summed E-state index contributed by atoms with van der Waals surface area (Å²) in [5.41, 5.74) is 1.50. The number of nitrogens with zero attached hydrogens (tertiary/aromatic N) is 3. The topological polar surface area (TPSA) is 92.6 Å². The highest BCUT2D eigenvalue weighted by molar-refractivity contribution is 8.00. The molecule has 1 fully saturated rings. The molecule has 210 valence electrons. The predicted octanol–water partition coefficient (Wildman–Crippen LogP) is 7.43. The number of Topliss-reactive ketones (excluding diaryl/α,β-unsaturated/α-hetero) is 1. The van der Waals surface area contributed by atoms with Crippen LogP contribution in [0.25, 0.3) is 5.76 Å². The highest BCUT2D eigenvalue weighted by Gasteiger charge is 2.48. The van der Waals surface area contributed by atoms with E-state index in [1.807, 2.05) is 12.1 Å². The van der Waals surface area contributed by atoms with E-state index in [4.69, 9.17) is 16.3 Å². The van der Waals surface area contributed by atoms with E-state index in [0.717, 1.165) is 29.7 Å². The van der Waals surface area contributed by atoms with Gasteiger partial charge in [-0.3, -0.25) is 14.5 Å². The Kier molecular flexibility index (Phi) is 9.02. The van der Waals surface area contributed by atoms with Crippen LogP contribution in [0.3, 0.4) is 0 Å². The summed E-state index contributed by atoms with van der Waals surface area (Å²) in [6.45, 7) is 2.63. The first-order valence-corrected chi connectivity index (χ1v) is 15.0. The number of ketones is 1. The number of carbonyl (C=O) groups excluding carboxylic acids is 2. The van der Waals surface area contributed by atoms with Crippen molar-refractivity contribution >= 4 is 57.3 Å². The minimum absolute atomic E-state index is 0.161. The molecule has 1 aliphatic rings. The van der Waals surface area contributed by atoms with Crippen molar-refractivity contribution in [3.05, 3.63) is 106 Å². The minimum atomic E-state index is -1.10. The molecule has 0 bridgehead atoms. The zero-order chi connectivity index (χ0) is 28.9. The third kappa shape index (κ3) is 6.45. The molecule has 0 aliphatic carbocycles. The molecule has 1 amide bonds.